The molecule has 5 nitrogen and oxygen atoms in total. The van der Waals surface area contributed by atoms with Gasteiger partial charge in [0.2, 0.25) is 0 Å². The van der Waals surface area contributed by atoms with Crippen molar-refractivity contribution in [1.82, 2.24) is 5.32 Å². The van der Waals surface area contributed by atoms with Crippen molar-refractivity contribution in [3.05, 3.63) is 68.7 Å². The maximum atomic E-state index is 12.0. The maximum absolute atomic E-state index is 12.0. The number of carbonyl (C=O) groups is 1. The monoisotopic (exact) mass is 350 g/mol. The first-order valence-electron chi connectivity index (χ1n) is 6.89. The predicted octanol–water partition coefficient (Wildman–Crippen LogP) is 4.08. The molecule has 0 heterocycles. The van der Waals surface area contributed by atoms with Crippen LogP contribution in [0.15, 0.2) is 47.4 Å². The van der Waals surface area contributed by atoms with E-state index in [1.165, 1.54) is 18.2 Å². The van der Waals surface area contributed by atoms with Crippen LogP contribution < -0.4 is 5.32 Å². The highest BCUT2D eigenvalue weighted by Gasteiger charge is 2.13. The molecule has 2 aromatic rings. The Morgan fingerprint density at radius 3 is 2.57 bits per heavy atom. The topological polar surface area (TPSA) is 72.2 Å². The predicted molar refractivity (Wildman–Crippen MR) is 92.3 cm³/mol. The molecule has 0 fully saturated rings. The van der Waals surface area contributed by atoms with Gasteiger partial charge < -0.3 is 5.32 Å². The van der Waals surface area contributed by atoms with Crippen molar-refractivity contribution >= 4 is 35.0 Å². The lowest BCUT2D eigenvalue weighted by Crippen LogP contribution is -2.25. The summed E-state index contributed by atoms with van der Waals surface area (Å²) in [4.78, 5) is 23.4. The molecule has 0 unspecified atom stereocenters. The van der Waals surface area contributed by atoms with Crippen LogP contribution in [0.4, 0.5) is 5.69 Å². The van der Waals surface area contributed by atoms with Gasteiger partial charge in [0.1, 0.15) is 0 Å². The molecule has 1 amide bonds. The van der Waals surface area contributed by atoms with Gasteiger partial charge in [-0.05, 0) is 43.3 Å². The van der Waals surface area contributed by atoms with Crippen LogP contribution in [0.25, 0.3) is 0 Å². The smallest absolute Gasteiger partial charge is 0.272 e. The molecule has 120 valence electrons. The van der Waals surface area contributed by atoms with E-state index in [0.717, 1.165) is 10.6 Å². The second-order valence-corrected chi connectivity index (χ2v) is 6.42. The standard InChI is InChI=1S/C16H15ClN2O3S/c1-11-10-12(2-7-15(11)19(21)22)16(20)18-8-9-23-14-5-3-13(17)4-6-14/h2-7,10H,8-9H2,1H3,(H,18,20). The Bertz CT molecular complexity index is 720. The number of hydrogen-bond acceptors (Lipinski definition) is 4. The van der Waals surface area contributed by atoms with E-state index in [9.17, 15) is 14.9 Å². The first-order chi connectivity index (χ1) is 11.0. The number of carbonyl (C=O) groups excluding carboxylic acids is 1. The van der Waals surface area contributed by atoms with Crippen LogP contribution in [-0.2, 0) is 0 Å². The molecule has 0 aliphatic heterocycles. The van der Waals surface area contributed by atoms with E-state index in [4.69, 9.17) is 11.6 Å². The number of nitro groups is 1. The molecule has 0 spiro atoms. The van der Waals surface area contributed by atoms with E-state index >= 15 is 0 Å². The molecule has 0 aromatic heterocycles. The molecule has 0 radical (unpaired) electrons. The minimum absolute atomic E-state index is 0.0137. The Morgan fingerprint density at radius 2 is 1.96 bits per heavy atom. The maximum Gasteiger partial charge on any atom is 0.272 e. The number of halogens is 1. The van der Waals surface area contributed by atoms with Gasteiger partial charge in [-0.15, -0.1) is 11.8 Å². The van der Waals surface area contributed by atoms with Gasteiger partial charge >= 0.3 is 0 Å². The summed E-state index contributed by atoms with van der Waals surface area (Å²) in [6.45, 7) is 2.12. The summed E-state index contributed by atoms with van der Waals surface area (Å²) in [6, 6.07) is 11.8. The molecule has 0 aliphatic carbocycles. The third-order valence-electron chi connectivity index (χ3n) is 3.13. The van der Waals surface area contributed by atoms with Crippen LogP contribution in [0.1, 0.15) is 15.9 Å². The summed E-state index contributed by atoms with van der Waals surface area (Å²) >= 11 is 7.43. The first-order valence-corrected chi connectivity index (χ1v) is 8.25. The third kappa shape index (κ3) is 4.97. The van der Waals surface area contributed by atoms with Crippen LogP contribution in [0.3, 0.4) is 0 Å². The van der Waals surface area contributed by atoms with Crippen molar-refractivity contribution in [2.24, 2.45) is 0 Å². The number of thioether (sulfide) groups is 1. The lowest BCUT2D eigenvalue weighted by atomic mass is 10.1. The Morgan fingerprint density at radius 1 is 1.26 bits per heavy atom. The summed E-state index contributed by atoms with van der Waals surface area (Å²) in [7, 11) is 0. The molecule has 0 bridgehead atoms. The Balaban J connectivity index is 1.84. The summed E-state index contributed by atoms with van der Waals surface area (Å²) in [5.41, 5.74) is 0.905. The van der Waals surface area contributed by atoms with E-state index in [1.54, 1.807) is 18.7 Å². The average Bonchev–Trinajstić information content (AvgIpc) is 2.52. The van der Waals surface area contributed by atoms with Crippen molar-refractivity contribution in [3.63, 3.8) is 0 Å². The number of hydrogen-bond donors (Lipinski definition) is 1. The minimum atomic E-state index is -0.459. The molecule has 0 saturated heterocycles. The van der Waals surface area contributed by atoms with Gasteiger partial charge in [0, 0.05) is 39.4 Å². The average molecular weight is 351 g/mol. The fourth-order valence-electron chi connectivity index (χ4n) is 1.97. The molecule has 1 N–H and O–H groups in total. The molecule has 0 aliphatic rings. The number of amides is 1. The van der Waals surface area contributed by atoms with Crippen LogP contribution in [0.5, 0.6) is 0 Å². The van der Waals surface area contributed by atoms with Crippen LogP contribution >= 0.6 is 23.4 Å². The van der Waals surface area contributed by atoms with Gasteiger partial charge in [0.15, 0.2) is 0 Å². The molecule has 2 rings (SSSR count). The molecule has 7 heteroatoms. The zero-order chi connectivity index (χ0) is 16.8. The van der Waals surface area contributed by atoms with Crippen LogP contribution in [0, 0.1) is 17.0 Å². The van der Waals surface area contributed by atoms with E-state index in [-0.39, 0.29) is 11.6 Å². The zero-order valence-electron chi connectivity index (χ0n) is 12.4. The van der Waals surface area contributed by atoms with Crippen LogP contribution in [0.2, 0.25) is 5.02 Å². The summed E-state index contributed by atoms with van der Waals surface area (Å²) < 4.78 is 0. The third-order valence-corrected chi connectivity index (χ3v) is 4.39. The fraction of sp³-hybridized carbons (Fsp3) is 0.188. The molecular formula is C16H15ClN2O3S. The SMILES string of the molecule is Cc1cc(C(=O)NCCSc2ccc(Cl)cc2)ccc1[N+](=O)[O-]. The summed E-state index contributed by atoms with van der Waals surface area (Å²) in [5.74, 6) is 0.485. The van der Waals surface area contributed by atoms with Gasteiger partial charge in [-0.2, -0.15) is 0 Å². The molecular weight excluding hydrogens is 336 g/mol. The Labute approximate surface area is 143 Å². The molecule has 2 aromatic carbocycles. The largest absolute Gasteiger partial charge is 0.351 e. The van der Waals surface area contributed by atoms with Crippen molar-refractivity contribution in [3.8, 4) is 0 Å². The van der Waals surface area contributed by atoms with Gasteiger partial charge in [0.25, 0.3) is 11.6 Å². The lowest BCUT2D eigenvalue weighted by Gasteiger charge is -2.06. The van der Waals surface area contributed by atoms with Crippen molar-refractivity contribution < 1.29 is 9.72 Å². The minimum Gasteiger partial charge on any atom is -0.351 e. The van der Waals surface area contributed by atoms with E-state index in [2.05, 4.69) is 5.32 Å². The second kappa shape index (κ2) is 7.99. The summed E-state index contributed by atoms with van der Waals surface area (Å²) in [6.07, 6.45) is 0. The molecule has 23 heavy (non-hydrogen) atoms. The van der Waals surface area contributed by atoms with Gasteiger partial charge in [-0.25, -0.2) is 0 Å². The zero-order valence-corrected chi connectivity index (χ0v) is 14.0. The van der Waals surface area contributed by atoms with Crippen molar-refractivity contribution in [2.45, 2.75) is 11.8 Å². The van der Waals surface area contributed by atoms with Gasteiger partial charge in [-0.3, -0.25) is 14.9 Å². The highest BCUT2D eigenvalue weighted by molar-refractivity contribution is 7.99. The van der Waals surface area contributed by atoms with E-state index in [1.807, 2.05) is 24.3 Å². The Hall–Kier alpha value is -2.05. The lowest BCUT2D eigenvalue weighted by molar-refractivity contribution is -0.385. The number of rotatable bonds is 6. The van der Waals surface area contributed by atoms with E-state index < -0.39 is 4.92 Å². The normalized spacial score (nSPS) is 10.3. The Kier molecular flexibility index (Phi) is 6.01. The number of aryl methyl sites for hydroxylation is 1. The first kappa shape index (κ1) is 17.3. The van der Waals surface area contributed by atoms with Crippen molar-refractivity contribution in [1.29, 1.82) is 0 Å². The summed E-state index contributed by atoms with van der Waals surface area (Å²) in [5, 5.41) is 14.3. The molecule has 0 atom stereocenters. The van der Waals surface area contributed by atoms with Crippen LogP contribution in [-0.4, -0.2) is 23.1 Å². The molecule has 0 saturated carbocycles. The van der Waals surface area contributed by atoms with Crippen molar-refractivity contribution in [2.75, 3.05) is 12.3 Å². The quantitative estimate of drug-likeness (QED) is 0.369. The number of nitrogens with one attached hydrogen (secondary N) is 1. The second-order valence-electron chi connectivity index (χ2n) is 4.82. The van der Waals surface area contributed by atoms with E-state index in [0.29, 0.717) is 22.7 Å². The van der Waals surface area contributed by atoms with Gasteiger partial charge in [0.05, 0.1) is 4.92 Å². The highest BCUT2D eigenvalue weighted by Crippen LogP contribution is 2.20. The number of nitrogens with zero attached hydrogens (tertiary/aromatic N) is 1. The highest BCUT2D eigenvalue weighted by atomic mass is 35.5. The number of nitro benzene ring substituents is 1. The van der Waals surface area contributed by atoms with Gasteiger partial charge in [-0.1, -0.05) is 11.6 Å². The number of benzene rings is 2. The fourth-order valence-corrected chi connectivity index (χ4v) is 2.86.